The Balaban J connectivity index is 1.24. The van der Waals surface area contributed by atoms with Gasteiger partial charge in [0.2, 0.25) is 10.0 Å². The molecule has 5 rings (SSSR count). The molecule has 0 aliphatic carbocycles. The van der Waals surface area contributed by atoms with Crippen molar-refractivity contribution in [3.8, 4) is 0 Å². The molecule has 2 aliphatic heterocycles. The van der Waals surface area contributed by atoms with Crippen molar-refractivity contribution >= 4 is 21.6 Å². The molecule has 0 radical (unpaired) electrons. The van der Waals surface area contributed by atoms with E-state index >= 15 is 4.39 Å². The molecule has 11 heteroatoms. The fourth-order valence-corrected chi connectivity index (χ4v) is 6.82. The smallest absolute Gasteiger partial charge is 0.211 e. The van der Waals surface area contributed by atoms with E-state index in [4.69, 9.17) is 11.6 Å². The number of hydrogen-bond donors (Lipinski definition) is 1. The van der Waals surface area contributed by atoms with Crippen LogP contribution in [0.15, 0.2) is 24.4 Å². The Kier molecular flexibility index (Phi) is 7.86. The molecule has 0 spiro atoms. The molecular weight excluding hydrogens is 527 g/mol. The van der Waals surface area contributed by atoms with Crippen molar-refractivity contribution in [2.24, 2.45) is 0 Å². The average Bonchev–Trinajstić information content (AvgIpc) is 3.53. The van der Waals surface area contributed by atoms with Crippen molar-refractivity contribution in [3.05, 3.63) is 74.8 Å². The Bertz CT molecular complexity index is 1420. The molecule has 0 amide bonds. The Labute approximate surface area is 228 Å². The number of likely N-dealkylation sites (tertiary alicyclic amines) is 1. The summed E-state index contributed by atoms with van der Waals surface area (Å²) < 4.78 is 40.6. The number of aromatic nitrogens is 4. The molecule has 38 heavy (non-hydrogen) atoms. The largest absolute Gasteiger partial charge is 0.299 e. The first-order chi connectivity index (χ1) is 18.1. The molecule has 1 atom stereocenters. The second kappa shape index (κ2) is 11.0. The van der Waals surface area contributed by atoms with Crippen LogP contribution >= 0.6 is 11.6 Å². The third-order valence-electron chi connectivity index (χ3n) is 7.84. The van der Waals surface area contributed by atoms with Crippen LogP contribution in [0.3, 0.4) is 0 Å². The van der Waals surface area contributed by atoms with Gasteiger partial charge in [-0.15, -0.1) is 0 Å². The fraction of sp³-hybridized carbons (Fsp3) is 0.519. The zero-order valence-corrected chi connectivity index (χ0v) is 23.6. The van der Waals surface area contributed by atoms with Crippen molar-refractivity contribution in [2.45, 2.75) is 57.9 Å². The van der Waals surface area contributed by atoms with Gasteiger partial charge < -0.3 is 0 Å². The van der Waals surface area contributed by atoms with Crippen molar-refractivity contribution in [3.63, 3.8) is 0 Å². The van der Waals surface area contributed by atoms with Crippen molar-refractivity contribution in [1.82, 2.24) is 29.4 Å². The first-order valence-electron chi connectivity index (χ1n) is 13.1. The monoisotopic (exact) mass is 560 g/mol. The summed E-state index contributed by atoms with van der Waals surface area (Å²) in [5.74, 6) is 0.573. The maximum Gasteiger partial charge on any atom is 0.211 e. The summed E-state index contributed by atoms with van der Waals surface area (Å²) in [5, 5.41) is 7.64. The van der Waals surface area contributed by atoms with Crippen LogP contribution in [0.2, 0.25) is 5.02 Å². The van der Waals surface area contributed by atoms with E-state index in [9.17, 15) is 8.42 Å². The summed E-state index contributed by atoms with van der Waals surface area (Å²) in [6, 6.07) is 5.83. The van der Waals surface area contributed by atoms with Gasteiger partial charge in [0, 0.05) is 43.9 Å². The van der Waals surface area contributed by atoms with Gasteiger partial charge in [-0.1, -0.05) is 17.7 Å². The predicted octanol–water partition coefficient (Wildman–Crippen LogP) is 4.00. The van der Waals surface area contributed by atoms with E-state index in [0.717, 1.165) is 54.9 Å². The highest BCUT2D eigenvalue weighted by Gasteiger charge is 2.34. The third-order valence-corrected chi connectivity index (χ3v) is 9.42. The maximum atomic E-state index is 15.3. The molecule has 1 N–H and O–H groups in total. The van der Waals surface area contributed by atoms with E-state index in [1.165, 1.54) is 6.26 Å². The zero-order chi connectivity index (χ0) is 27.0. The number of nitrogens with one attached hydrogen (secondary N) is 1. The molecular formula is C27H34ClFN6O2S. The number of halogens is 2. The van der Waals surface area contributed by atoms with E-state index in [-0.39, 0.29) is 24.2 Å². The van der Waals surface area contributed by atoms with Crippen molar-refractivity contribution < 1.29 is 12.8 Å². The highest BCUT2D eigenvalue weighted by Crippen LogP contribution is 2.34. The number of H-pyrrole nitrogens is 1. The summed E-state index contributed by atoms with van der Waals surface area (Å²) in [6.45, 7) is 6.93. The molecule has 8 nitrogen and oxygen atoms in total. The summed E-state index contributed by atoms with van der Waals surface area (Å²) in [6.07, 6.45) is 6.36. The summed E-state index contributed by atoms with van der Waals surface area (Å²) >= 11 is 6.33. The normalized spacial score (nSPS) is 19.9. The molecule has 1 aromatic carbocycles. The number of sulfonamides is 1. The lowest BCUT2D eigenvalue weighted by molar-refractivity contribution is 0.157. The standard InChI is InChI=1S/C27H34ClFN6O2S/c1-17-10-20(12-27-30-15-24(28)26(31-27)13-21-11-18(2)32-33-21)25(29)14-23(17)19-4-7-34(8-5-19)22-6-9-35(16-22)38(3,36)37/h10-11,14-15,19,22H,4-9,12-13,16H2,1-3H3,(H,32,33)/t22-/m1/s1. The molecule has 2 aliphatic rings. The minimum absolute atomic E-state index is 0.240. The van der Waals surface area contributed by atoms with Crippen LogP contribution < -0.4 is 0 Å². The van der Waals surface area contributed by atoms with Gasteiger partial charge in [0.05, 0.1) is 22.7 Å². The van der Waals surface area contributed by atoms with E-state index in [1.54, 1.807) is 16.6 Å². The van der Waals surface area contributed by atoms with Crippen molar-refractivity contribution in [2.75, 3.05) is 32.4 Å². The quantitative estimate of drug-likeness (QED) is 0.469. The maximum absolute atomic E-state index is 15.3. The summed E-state index contributed by atoms with van der Waals surface area (Å²) in [4.78, 5) is 11.4. The number of piperidine rings is 1. The number of rotatable bonds is 7. The van der Waals surface area contributed by atoms with Gasteiger partial charge >= 0.3 is 0 Å². The van der Waals surface area contributed by atoms with Crippen molar-refractivity contribution in [1.29, 1.82) is 0 Å². The fourth-order valence-electron chi connectivity index (χ4n) is 5.78. The SMILES string of the molecule is Cc1cc(Cc2nc(Cc3cc(C)c(C4CCN([C@@H]5CCN(S(C)(=O)=O)C5)CC4)cc3F)ncc2Cl)n[nH]1. The minimum Gasteiger partial charge on any atom is -0.299 e. The molecule has 2 fully saturated rings. The van der Waals surface area contributed by atoms with Gasteiger partial charge in [0.15, 0.2) is 0 Å². The molecule has 204 valence electrons. The van der Waals surface area contributed by atoms with Gasteiger partial charge in [-0.2, -0.15) is 5.10 Å². The van der Waals surface area contributed by atoms with Gasteiger partial charge in [-0.3, -0.25) is 10.00 Å². The number of aromatic amines is 1. The second-order valence-corrected chi connectivity index (χ2v) is 13.0. The molecule has 0 unspecified atom stereocenters. The van der Waals surface area contributed by atoms with Crippen LogP contribution in [0.5, 0.6) is 0 Å². The number of aryl methyl sites for hydroxylation is 2. The Hall–Kier alpha value is -2.40. The molecule has 0 bridgehead atoms. The van der Waals surface area contributed by atoms with Crippen LogP contribution in [-0.2, 0) is 22.9 Å². The van der Waals surface area contributed by atoms with Gasteiger partial charge in [-0.05, 0) is 80.9 Å². The van der Waals surface area contributed by atoms with Gasteiger partial charge in [0.1, 0.15) is 11.6 Å². The summed E-state index contributed by atoms with van der Waals surface area (Å²) in [7, 11) is -3.14. The van der Waals surface area contributed by atoms with Gasteiger partial charge in [-0.25, -0.2) is 27.1 Å². The topological polar surface area (TPSA) is 95.1 Å². The zero-order valence-electron chi connectivity index (χ0n) is 22.0. The highest BCUT2D eigenvalue weighted by atomic mass is 35.5. The van der Waals surface area contributed by atoms with Crippen LogP contribution in [0, 0.1) is 19.7 Å². The Morgan fingerprint density at radius 3 is 2.53 bits per heavy atom. The van der Waals surface area contributed by atoms with Crippen LogP contribution in [-0.4, -0.2) is 76.3 Å². The molecule has 3 aromatic rings. The van der Waals surface area contributed by atoms with Crippen LogP contribution in [0.25, 0.3) is 0 Å². The first kappa shape index (κ1) is 27.2. The molecule has 2 saturated heterocycles. The average molecular weight is 561 g/mol. The van der Waals surface area contributed by atoms with E-state index in [1.807, 2.05) is 26.0 Å². The van der Waals surface area contributed by atoms with E-state index < -0.39 is 10.0 Å². The lowest BCUT2D eigenvalue weighted by Crippen LogP contribution is -2.43. The predicted molar refractivity (Wildman–Crippen MR) is 145 cm³/mol. The van der Waals surface area contributed by atoms with E-state index in [2.05, 4.69) is 25.1 Å². The number of hydrogen-bond acceptors (Lipinski definition) is 6. The molecule has 4 heterocycles. The highest BCUT2D eigenvalue weighted by molar-refractivity contribution is 7.88. The lowest BCUT2D eigenvalue weighted by atomic mass is 9.85. The second-order valence-electron chi connectivity index (χ2n) is 10.7. The van der Waals surface area contributed by atoms with E-state index in [0.29, 0.717) is 41.6 Å². The Morgan fingerprint density at radius 1 is 1.11 bits per heavy atom. The number of benzene rings is 1. The molecule has 0 saturated carbocycles. The summed E-state index contributed by atoms with van der Waals surface area (Å²) in [5.41, 5.74) is 5.18. The van der Waals surface area contributed by atoms with Gasteiger partial charge in [0.25, 0.3) is 0 Å². The van der Waals surface area contributed by atoms with Crippen LogP contribution in [0.4, 0.5) is 4.39 Å². The minimum atomic E-state index is -3.14. The first-order valence-corrected chi connectivity index (χ1v) is 15.3. The molecule has 2 aromatic heterocycles. The lowest BCUT2D eigenvalue weighted by Gasteiger charge is -2.36. The third kappa shape index (κ3) is 6.09. The Morgan fingerprint density at radius 2 is 1.87 bits per heavy atom. The number of nitrogens with zero attached hydrogens (tertiary/aromatic N) is 5. The van der Waals surface area contributed by atoms with Crippen LogP contribution in [0.1, 0.15) is 64.8 Å².